The lowest BCUT2D eigenvalue weighted by Crippen LogP contribution is -2.09. The van der Waals surface area contributed by atoms with Crippen LogP contribution in [0.1, 0.15) is 46.1 Å². The van der Waals surface area contributed by atoms with Crippen LogP contribution in [0.4, 0.5) is 10.7 Å². The van der Waals surface area contributed by atoms with Gasteiger partial charge in [0.25, 0.3) is 0 Å². The summed E-state index contributed by atoms with van der Waals surface area (Å²) in [6, 6.07) is 4.03. The summed E-state index contributed by atoms with van der Waals surface area (Å²) >= 11 is 1.47. The zero-order chi connectivity index (χ0) is 18.7. The number of phenols is 1. The second kappa shape index (κ2) is 7.65. The number of hydrogen-bond donors (Lipinski definition) is 1. The molecular formula is C18H18N2O5S. The number of nitro benzene ring substituents is 1. The van der Waals surface area contributed by atoms with Crippen LogP contribution < -0.4 is 0 Å². The van der Waals surface area contributed by atoms with Crippen molar-refractivity contribution >= 4 is 34.2 Å². The summed E-state index contributed by atoms with van der Waals surface area (Å²) in [6.07, 6.45) is 5.34. The van der Waals surface area contributed by atoms with Crippen LogP contribution in [0.15, 0.2) is 23.2 Å². The highest BCUT2D eigenvalue weighted by atomic mass is 32.1. The van der Waals surface area contributed by atoms with Crippen LogP contribution in [0.25, 0.3) is 0 Å². The number of phenolic OH excluding ortho intramolecular Hbond substituents is 1. The van der Waals surface area contributed by atoms with E-state index in [2.05, 4.69) is 4.99 Å². The fourth-order valence-corrected chi connectivity index (χ4v) is 4.18. The molecule has 0 unspecified atom stereocenters. The largest absolute Gasteiger partial charge is 0.502 e. The number of aryl methyl sites for hydroxylation is 1. The number of carbonyl (C=O) groups is 1. The molecule has 0 spiro atoms. The van der Waals surface area contributed by atoms with Crippen molar-refractivity contribution in [2.24, 2.45) is 4.99 Å². The third-order valence-corrected chi connectivity index (χ3v) is 5.36. The first-order valence-electron chi connectivity index (χ1n) is 8.34. The Morgan fingerprint density at radius 2 is 2.19 bits per heavy atom. The Bertz CT molecular complexity index is 888. The summed E-state index contributed by atoms with van der Waals surface area (Å²) in [7, 11) is 0. The van der Waals surface area contributed by atoms with E-state index in [0.717, 1.165) is 36.1 Å². The molecule has 1 aliphatic carbocycles. The van der Waals surface area contributed by atoms with Crippen molar-refractivity contribution in [2.45, 2.75) is 32.6 Å². The summed E-state index contributed by atoms with van der Waals surface area (Å²) < 4.78 is 5.18. The van der Waals surface area contributed by atoms with E-state index in [9.17, 15) is 20.0 Å². The number of benzene rings is 1. The minimum Gasteiger partial charge on any atom is -0.502 e. The van der Waals surface area contributed by atoms with Crippen molar-refractivity contribution in [3.05, 3.63) is 49.9 Å². The van der Waals surface area contributed by atoms with Gasteiger partial charge in [-0.3, -0.25) is 10.1 Å². The molecule has 0 fully saturated rings. The summed E-state index contributed by atoms with van der Waals surface area (Å²) in [6.45, 7) is 2.05. The minimum atomic E-state index is -0.652. The number of carbonyl (C=O) groups excluding carboxylic acids is 1. The number of aliphatic imine (C=N–C) groups is 1. The first kappa shape index (κ1) is 18.1. The molecule has 2 aromatic rings. The minimum absolute atomic E-state index is 0.288. The Morgan fingerprint density at radius 1 is 1.42 bits per heavy atom. The van der Waals surface area contributed by atoms with E-state index in [0.29, 0.717) is 16.1 Å². The highest BCUT2D eigenvalue weighted by molar-refractivity contribution is 7.16. The lowest BCUT2D eigenvalue weighted by molar-refractivity contribution is -0.385. The molecule has 1 aliphatic rings. The number of fused-ring (bicyclic) bond motifs is 1. The molecule has 0 amide bonds. The van der Waals surface area contributed by atoms with Crippen LogP contribution in [0, 0.1) is 10.1 Å². The van der Waals surface area contributed by atoms with Crippen molar-refractivity contribution < 1.29 is 19.6 Å². The van der Waals surface area contributed by atoms with Crippen molar-refractivity contribution in [1.82, 2.24) is 0 Å². The molecule has 1 N–H and O–H groups in total. The monoisotopic (exact) mass is 374 g/mol. The van der Waals surface area contributed by atoms with Gasteiger partial charge in [-0.15, -0.1) is 11.3 Å². The third kappa shape index (κ3) is 3.60. The maximum atomic E-state index is 12.4. The van der Waals surface area contributed by atoms with Crippen molar-refractivity contribution in [3.8, 4) is 5.75 Å². The summed E-state index contributed by atoms with van der Waals surface area (Å²) in [4.78, 5) is 28.2. The normalized spacial score (nSPS) is 13.6. The molecule has 8 heteroatoms. The van der Waals surface area contributed by atoms with Gasteiger partial charge in [-0.25, -0.2) is 9.79 Å². The summed E-state index contributed by atoms with van der Waals surface area (Å²) in [5.74, 6) is -0.776. The predicted octanol–water partition coefficient (Wildman–Crippen LogP) is 4.17. The first-order chi connectivity index (χ1) is 12.5. The van der Waals surface area contributed by atoms with Crippen LogP contribution >= 0.6 is 11.3 Å². The van der Waals surface area contributed by atoms with Crippen LogP contribution in [0.5, 0.6) is 5.75 Å². The Balaban J connectivity index is 1.98. The summed E-state index contributed by atoms with van der Waals surface area (Å²) in [5, 5.41) is 21.0. The maximum absolute atomic E-state index is 12.4. The molecule has 0 bridgehead atoms. The van der Waals surface area contributed by atoms with E-state index in [1.165, 1.54) is 35.8 Å². The van der Waals surface area contributed by atoms with Gasteiger partial charge in [-0.2, -0.15) is 0 Å². The number of ether oxygens (including phenoxy) is 1. The van der Waals surface area contributed by atoms with Gasteiger partial charge in [0, 0.05) is 17.2 Å². The van der Waals surface area contributed by atoms with E-state index in [1.807, 2.05) is 0 Å². The van der Waals surface area contributed by atoms with E-state index in [4.69, 9.17) is 4.74 Å². The number of rotatable bonds is 5. The number of aromatic hydroxyl groups is 1. The van der Waals surface area contributed by atoms with Crippen LogP contribution in [-0.4, -0.2) is 28.8 Å². The van der Waals surface area contributed by atoms with Gasteiger partial charge in [0.1, 0.15) is 5.00 Å². The van der Waals surface area contributed by atoms with Gasteiger partial charge in [-0.05, 0) is 55.9 Å². The number of nitro groups is 1. The van der Waals surface area contributed by atoms with E-state index in [-0.39, 0.29) is 18.3 Å². The second-order valence-electron chi connectivity index (χ2n) is 5.87. The molecule has 0 saturated heterocycles. The molecule has 0 atom stereocenters. The SMILES string of the molecule is CCOC(=O)c1c(/N=C\c2ccc(O)c([N+](=O)[O-])c2)sc2c1CCCC2. The van der Waals surface area contributed by atoms with Crippen LogP contribution in [-0.2, 0) is 17.6 Å². The van der Waals surface area contributed by atoms with Gasteiger partial charge in [0.2, 0.25) is 0 Å². The van der Waals surface area contributed by atoms with Crippen molar-refractivity contribution in [2.75, 3.05) is 6.61 Å². The van der Waals surface area contributed by atoms with Gasteiger partial charge >= 0.3 is 11.7 Å². The molecular weight excluding hydrogens is 356 g/mol. The molecule has 7 nitrogen and oxygen atoms in total. The molecule has 1 aromatic heterocycles. The topological polar surface area (TPSA) is 102 Å². The van der Waals surface area contributed by atoms with E-state index >= 15 is 0 Å². The number of thiophene rings is 1. The molecule has 1 aromatic carbocycles. The van der Waals surface area contributed by atoms with Gasteiger partial charge < -0.3 is 9.84 Å². The summed E-state index contributed by atoms with van der Waals surface area (Å²) in [5.41, 5.74) is 1.61. The van der Waals surface area contributed by atoms with Crippen molar-refractivity contribution in [1.29, 1.82) is 0 Å². The highest BCUT2D eigenvalue weighted by Gasteiger charge is 2.26. The van der Waals surface area contributed by atoms with Gasteiger partial charge in [0.05, 0.1) is 17.1 Å². The number of hydrogen-bond acceptors (Lipinski definition) is 7. The zero-order valence-corrected chi connectivity index (χ0v) is 15.0. The average Bonchev–Trinajstić information content (AvgIpc) is 2.99. The van der Waals surface area contributed by atoms with Gasteiger partial charge in [0.15, 0.2) is 5.75 Å². The fourth-order valence-electron chi connectivity index (χ4n) is 2.96. The first-order valence-corrected chi connectivity index (χ1v) is 9.16. The Morgan fingerprint density at radius 3 is 2.92 bits per heavy atom. The standard InChI is InChI=1S/C18H18N2O5S/c1-2-25-18(22)16-12-5-3-4-6-15(12)26-17(16)19-10-11-7-8-14(21)13(9-11)20(23)24/h7-10,21H,2-6H2,1H3/b19-10-. The molecule has 0 saturated carbocycles. The molecule has 0 radical (unpaired) electrons. The van der Waals surface area contributed by atoms with E-state index in [1.54, 1.807) is 6.92 Å². The lowest BCUT2D eigenvalue weighted by Gasteiger charge is -2.11. The Hall–Kier alpha value is -2.74. The molecule has 26 heavy (non-hydrogen) atoms. The second-order valence-corrected chi connectivity index (χ2v) is 6.96. The average molecular weight is 374 g/mol. The fraction of sp³-hybridized carbons (Fsp3) is 0.333. The smallest absolute Gasteiger partial charge is 0.341 e. The molecule has 1 heterocycles. The van der Waals surface area contributed by atoms with Gasteiger partial charge in [-0.1, -0.05) is 0 Å². The molecule has 3 rings (SSSR count). The lowest BCUT2D eigenvalue weighted by atomic mass is 9.95. The van der Waals surface area contributed by atoms with Crippen molar-refractivity contribution in [3.63, 3.8) is 0 Å². The van der Waals surface area contributed by atoms with Crippen LogP contribution in [0.3, 0.4) is 0 Å². The Kier molecular flexibility index (Phi) is 5.32. The number of nitrogens with zero attached hydrogens (tertiary/aromatic N) is 2. The quantitative estimate of drug-likeness (QED) is 0.366. The third-order valence-electron chi connectivity index (χ3n) is 4.16. The van der Waals surface area contributed by atoms with E-state index < -0.39 is 10.7 Å². The van der Waals surface area contributed by atoms with Crippen LogP contribution in [0.2, 0.25) is 0 Å². The number of esters is 1. The molecule has 136 valence electrons. The highest BCUT2D eigenvalue weighted by Crippen LogP contribution is 2.40. The molecule has 0 aliphatic heterocycles. The predicted molar refractivity (Wildman–Crippen MR) is 98.9 cm³/mol. The Labute approximate surface area is 154 Å². The maximum Gasteiger partial charge on any atom is 0.341 e. The zero-order valence-electron chi connectivity index (χ0n) is 14.2.